The van der Waals surface area contributed by atoms with Gasteiger partial charge >= 0.3 is 0 Å². The number of nitrogens with one attached hydrogen (secondary N) is 1. The maximum atomic E-state index is 13.0. The molecule has 0 aliphatic carbocycles. The van der Waals surface area contributed by atoms with E-state index in [1.54, 1.807) is 34.9 Å². The van der Waals surface area contributed by atoms with Gasteiger partial charge in [-0.25, -0.2) is 13.4 Å². The zero-order chi connectivity index (χ0) is 16.7. The van der Waals surface area contributed by atoms with Crippen molar-refractivity contribution in [3.8, 4) is 5.75 Å². The minimum absolute atomic E-state index is 0.0683. The lowest BCUT2D eigenvalue weighted by molar-refractivity contribution is 0.142. The third kappa shape index (κ3) is 2.60. The molecule has 1 aromatic heterocycles. The zero-order valence-corrected chi connectivity index (χ0v) is 14.3. The molecule has 1 aromatic carbocycles. The SMILES string of the molecule is CN1CCN(S(=O)(=O)c2ccc3c(c2)CCO3)C[C@@H]1c1ncc[nH]1. The fourth-order valence-corrected chi connectivity index (χ4v) is 4.78. The Morgan fingerprint density at radius 3 is 3.00 bits per heavy atom. The molecule has 128 valence electrons. The number of likely N-dealkylation sites (N-methyl/N-ethyl adjacent to an activating group) is 1. The summed E-state index contributed by atoms with van der Waals surface area (Å²) >= 11 is 0. The lowest BCUT2D eigenvalue weighted by atomic mass is 10.2. The fourth-order valence-electron chi connectivity index (χ4n) is 3.29. The Hall–Kier alpha value is -1.90. The van der Waals surface area contributed by atoms with Gasteiger partial charge in [0.25, 0.3) is 0 Å². The van der Waals surface area contributed by atoms with E-state index in [4.69, 9.17) is 4.74 Å². The van der Waals surface area contributed by atoms with Gasteiger partial charge in [0.05, 0.1) is 17.5 Å². The van der Waals surface area contributed by atoms with E-state index in [2.05, 4.69) is 14.9 Å². The number of fused-ring (bicyclic) bond motifs is 1. The Bertz CT molecular complexity index is 835. The van der Waals surface area contributed by atoms with Crippen molar-refractivity contribution >= 4 is 10.0 Å². The maximum Gasteiger partial charge on any atom is 0.243 e. The van der Waals surface area contributed by atoms with Crippen molar-refractivity contribution in [1.82, 2.24) is 19.2 Å². The van der Waals surface area contributed by atoms with Crippen LogP contribution >= 0.6 is 0 Å². The summed E-state index contributed by atoms with van der Waals surface area (Å²) in [5.41, 5.74) is 0.966. The van der Waals surface area contributed by atoms with Gasteiger partial charge in [-0.15, -0.1) is 0 Å². The minimum atomic E-state index is -3.52. The van der Waals surface area contributed by atoms with Crippen LogP contribution in [0.4, 0.5) is 0 Å². The number of sulfonamides is 1. The molecule has 1 atom stereocenters. The summed E-state index contributed by atoms with van der Waals surface area (Å²) in [6, 6.07) is 5.08. The molecule has 2 aromatic rings. The largest absolute Gasteiger partial charge is 0.493 e. The van der Waals surface area contributed by atoms with E-state index in [9.17, 15) is 8.42 Å². The fraction of sp³-hybridized carbons (Fsp3) is 0.438. The van der Waals surface area contributed by atoms with Crippen molar-refractivity contribution in [1.29, 1.82) is 0 Å². The van der Waals surface area contributed by atoms with Crippen LogP contribution in [0.15, 0.2) is 35.5 Å². The number of rotatable bonds is 3. The van der Waals surface area contributed by atoms with Gasteiger partial charge < -0.3 is 9.72 Å². The van der Waals surface area contributed by atoms with Crippen molar-refractivity contribution in [2.45, 2.75) is 17.4 Å². The number of hydrogen-bond donors (Lipinski definition) is 1. The molecule has 0 unspecified atom stereocenters. The third-order valence-corrected chi connectivity index (χ3v) is 6.61. The molecule has 1 fully saturated rings. The molecule has 8 heteroatoms. The second-order valence-corrected chi connectivity index (χ2v) is 8.14. The summed E-state index contributed by atoms with van der Waals surface area (Å²) in [4.78, 5) is 9.85. The van der Waals surface area contributed by atoms with Crippen molar-refractivity contribution in [2.24, 2.45) is 0 Å². The van der Waals surface area contributed by atoms with E-state index in [1.807, 2.05) is 7.05 Å². The molecule has 3 heterocycles. The standard InChI is InChI=1S/C16H20N4O3S/c1-19-7-8-20(11-14(19)16-17-5-6-18-16)24(21,22)13-2-3-15-12(10-13)4-9-23-15/h2-3,5-6,10,14H,4,7-9,11H2,1H3,(H,17,18)/t14-/m1/s1. The predicted octanol–water partition coefficient (Wildman–Crippen LogP) is 1.02. The first-order valence-corrected chi connectivity index (χ1v) is 9.45. The van der Waals surface area contributed by atoms with Crippen LogP contribution in [0.2, 0.25) is 0 Å². The van der Waals surface area contributed by atoms with E-state index in [0.717, 1.165) is 23.6 Å². The van der Waals surface area contributed by atoms with E-state index >= 15 is 0 Å². The highest BCUT2D eigenvalue weighted by molar-refractivity contribution is 7.89. The summed E-state index contributed by atoms with van der Waals surface area (Å²) in [6.07, 6.45) is 4.21. The van der Waals surface area contributed by atoms with Crippen LogP contribution in [0.25, 0.3) is 0 Å². The molecule has 0 radical (unpaired) electrons. The van der Waals surface area contributed by atoms with Gasteiger partial charge in [0, 0.05) is 38.4 Å². The number of hydrogen-bond acceptors (Lipinski definition) is 5. The minimum Gasteiger partial charge on any atom is -0.493 e. The topological polar surface area (TPSA) is 78.5 Å². The number of nitrogens with zero attached hydrogens (tertiary/aromatic N) is 3. The molecule has 24 heavy (non-hydrogen) atoms. The maximum absolute atomic E-state index is 13.0. The average molecular weight is 348 g/mol. The van der Waals surface area contributed by atoms with Crippen molar-refractivity contribution in [3.05, 3.63) is 42.0 Å². The molecule has 1 saturated heterocycles. The molecule has 0 bridgehead atoms. The Kier molecular flexibility index (Phi) is 3.82. The smallest absolute Gasteiger partial charge is 0.243 e. The first kappa shape index (κ1) is 15.6. The highest BCUT2D eigenvalue weighted by Crippen LogP contribution is 2.31. The Labute approximate surface area is 141 Å². The van der Waals surface area contributed by atoms with Crippen LogP contribution in [0, 0.1) is 0 Å². The van der Waals surface area contributed by atoms with Crippen LogP contribution in [-0.4, -0.2) is 60.9 Å². The normalized spacial score (nSPS) is 22.3. The summed E-state index contributed by atoms with van der Waals surface area (Å²) in [7, 11) is -1.53. The van der Waals surface area contributed by atoms with Gasteiger partial charge in [-0.1, -0.05) is 0 Å². The van der Waals surface area contributed by atoms with Gasteiger partial charge in [0.2, 0.25) is 10.0 Å². The van der Waals surface area contributed by atoms with E-state index < -0.39 is 10.0 Å². The van der Waals surface area contributed by atoms with Crippen LogP contribution < -0.4 is 4.74 Å². The van der Waals surface area contributed by atoms with Crippen LogP contribution in [-0.2, 0) is 16.4 Å². The van der Waals surface area contributed by atoms with Gasteiger partial charge in [0.1, 0.15) is 11.6 Å². The Morgan fingerprint density at radius 2 is 2.21 bits per heavy atom. The molecule has 4 rings (SSSR count). The number of piperazine rings is 1. The van der Waals surface area contributed by atoms with Crippen molar-refractivity contribution in [2.75, 3.05) is 33.3 Å². The zero-order valence-electron chi connectivity index (χ0n) is 13.5. The highest BCUT2D eigenvalue weighted by atomic mass is 32.2. The first-order valence-electron chi connectivity index (χ1n) is 8.01. The lowest BCUT2D eigenvalue weighted by Gasteiger charge is -2.37. The first-order chi connectivity index (χ1) is 11.6. The number of imidazole rings is 1. The number of aromatic amines is 1. The second-order valence-electron chi connectivity index (χ2n) is 6.20. The lowest BCUT2D eigenvalue weighted by Crippen LogP contribution is -2.49. The average Bonchev–Trinajstić information content (AvgIpc) is 3.26. The molecule has 0 amide bonds. The summed E-state index contributed by atoms with van der Waals surface area (Å²) in [6.45, 7) is 2.15. The number of H-pyrrole nitrogens is 1. The van der Waals surface area contributed by atoms with Gasteiger partial charge in [-0.2, -0.15) is 4.31 Å². The molecule has 2 aliphatic rings. The van der Waals surface area contributed by atoms with Crippen molar-refractivity contribution < 1.29 is 13.2 Å². The molecule has 0 spiro atoms. The predicted molar refractivity (Wildman–Crippen MR) is 88.4 cm³/mol. The van der Waals surface area contributed by atoms with E-state index in [1.165, 1.54) is 0 Å². The molecule has 0 saturated carbocycles. The van der Waals surface area contributed by atoms with Gasteiger partial charge in [-0.3, -0.25) is 4.90 Å². The molecule has 1 N–H and O–H groups in total. The summed E-state index contributed by atoms with van der Waals surface area (Å²) in [5, 5.41) is 0. The summed E-state index contributed by atoms with van der Waals surface area (Å²) in [5.74, 6) is 1.58. The number of aromatic nitrogens is 2. The number of ether oxygens (including phenoxy) is 1. The Morgan fingerprint density at radius 1 is 1.33 bits per heavy atom. The third-order valence-electron chi connectivity index (χ3n) is 4.74. The van der Waals surface area contributed by atoms with Gasteiger partial charge in [-0.05, 0) is 30.8 Å². The molecule has 7 nitrogen and oxygen atoms in total. The van der Waals surface area contributed by atoms with Crippen LogP contribution in [0.1, 0.15) is 17.4 Å². The quantitative estimate of drug-likeness (QED) is 0.896. The molecule has 2 aliphatic heterocycles. The van der Waals surface area contributed by atoms with Crippen LogP contribution in [0.3, 0.4) is 0 Å². The highest BCUT2D eigenvalue weighted by Gasteiger charge is 2.35. The van der Waals surface area contributed by atoms with Gasteiger partial charge in [0.15, 0.2) is 0 Å². The second kappa shape index (κ2) is 5.87. The summed E-state index contributed by atoms with van der Waals surface area (Å²) < 4.78 is 33.1. The molecular weight excluding hydrogens is 328 g/mol. The molecular formula is C16H20N4O3S. The Balaban J connectivity index is 1.62. The van der Waals surface area contributed by atoms with E-state index in [-0.39, 0.29) is 6.04 Å². The monoisotopic (exact) mass is 348 g/mol. The van der Waals surface area contributed by atoms with E-state index in [0.29, 0.717) is 31.1 Å². The van der Waals surface area contributed by atoms with Crippen molar-refractivity contribution in [3.63, 3.8) is 0 Å². The van der Waals surface area contributed by atoms with Crippen LogP contribution in [0.5, 0.6) is 5.75 Å². The number of benzene rings is 1.